The molecule has 0 aliphatic rings. The summed E-state index contributed by atoms with van der Waals surface area (Å²) >= 11 is 3.58. The molecule has 0 saturated carbocycles. The van der Waals surface area contributed by atoms with E-state index >= 15 is 0 Å². The molecule has 148 valence electrons. The van der Waals surface area contributed by atoms with Crippen LogP contribution in [0.3, 0.4) is 0 Å². The second-order valence-corrected chi connectivity index (χ2v) is 7.43. The Kier molecular flexibility index (Phi) is 5.71. The predicted molar refractivity (Wildman–Crippen MR) is 119 cm³/mol. The molecule has 0 spiro atoms. The highest BCUT2D eigenvalue weighted by Gasteiger charge is 2.22. The molecule has 0 aliphatic heterocycles. The smallest absolute Gasteiger partial charge is 0.226 e. The van der Waals surface area contributed by atoms with Crippen molar-refractivity contribution in [3.63, 3.8) is 0 Å². The van der Waals surface area contributed by atoms with Gasteiger partial charge in [-0.3, -0.25) is 9.55 Å². The molecule has 1 aromatic carbocycles. The third-order valence-electron chi connectivity index (χ3n) is 4.85. The fourth-order valence-corrected chi connectivity index (χ4v) is 4.03. The summed E-state index contributed by atoms with van der Waals surface area (Å²) in [4.78, 5) is 17.8. The first-order valence-corrected chi connectivity index (χ1v) is 10.3. The lowest BCUT2D eigenvalue weighted by Crippen LogP contribution is -2.13. The maximum absolute atomic E-state index is 6.20. The van der Waals surface area contributed by atoms with Crippen LogP contribution in [-0.4, -0.2) is 31.0 Å². The second-order valence-electron chi connectivity index (χ2n) is 6.72. The molecular weight excluding hydrogens is 430 g/mol. The summed E-state index contributed by atoms with van der Waals surface area (Å²) in [5, 5.41) is 3.29. The number of hydrogen-bond acceptors (Lipinski definition) is 6. The zero-order valence-electron chi connectivity index (χ0n) is 16.1. The quantitative estimate of drug-likeness (QED) is 0.408. The van der Waals surface area contributed by atoms with Gasteiger partial charge < -0.3 is 11.1 Å². The predicted octanol–water partition coefficient (Wildman–Crippen LogP) is 4.22. The number of hydrogen-bond donors (Lipinski definition) is 2. The number of benzene rings is 1. The number of nitrogens with two attached hydrogens (primary N) is 1. The Hall–Kier alpha value is -3.00. The molecule has 29 heavy (non-hydrogen) atoms. The number of aromatic nitrogens is 5. The number of pyridine rings is 1. The highest BCUT2D eigenvalue weighted by atomic mass is 79.9. The van der Waals surface area contributed by atoms with Crippen LogP contribution in [0, 0.1) is 0 Å². The zero-order valence-corrected chi connectivity index (χ0v) is 17.7. The summed E-state index contributed by atoms with van der Waals surface area (Å²) in [5.74, 6) is 0.866. The van der Waals surface area contributed by atoms with Crippen LogP contribution < -0.4 is 11.1 Å². The molecule has 4 rings (SSSR count). The van der Waals surface area contributed by atoms with Crippen LogP contribution in [0.25, 0.3) is 11.2 Å². The SMILES string of the molecule is CCC(c1ccncc1)n1c(Br)nc2c(N)nc(NCCc3ccccc3)nc21. The largest absolute Gasteiger partial charge is 0.382 e. The summed E-state index contributed by atoms with van der Waals surface area (Å²) in [6.07, 6.45) is 5.34. The molecule has 0 saturated heterocycles. The van der Waals surface area contributed by atoms with E-state index in [9.17, 15) is 0 Å². The van der Waals surface area contributed by atoms with Crippen molar-refractivity contribution in [3.05, 3.63) is 70.7 Å². The summed E-state index contributed by atoms with van der Waals surface area (Å²) in [7, 11) is 0. The van der Waals surface area contributed by atoms with E-state index in [-0.39, 0.29) is 6.04 Å². The monoisotopic (exact) mass is 451 g/mol. The van der Waals surface area contributed by atoms with Crippen molar-refractivity contribution in [2.75, 3.05) is 17.6 Å². The van der Waals surface area contributed by atoms with E-state index in [0.29, 0.717) is 34.2 Å². The van der Waals surface area contributed by atoms with Gasteiger partial charge in [0.2, 0.25) is 5.95 Å². The molecule has 4 aromatic rings. The lowest BCUT2D eigenvalue weighted by Gasteiger charge is -2.19. The van der Waals surface area contributed by atoms with E-state index in [2.05, 4.69) is 59.8 Å². The third kappa shape index (κ3) is 4.07. The van der Waals surface area contributed by atoms with E-state index in [1.54, 1.807) is 12.4 Å². The van der Waals surface area contributed by atoms with E-state index in [1.807, 2.05) is 30.3 Å². The summed E-state index contributed by atoms with van der Waals surface area (Å²) in [6, 6.07) is 14.4. The standard InChI is InChI=1S/C21H22BrN7/c1-2-16(15-9-11-24-12-10-15)29-19-17(26-20(29)22)18(23)27-21(28-19)25-13-8-14-6-4-3-5-7-14/h3-7,9-12,16H,2,8,13H2,1H3,(H3,23,25,27,28). The molecule has 1 unspecified atom stereocenters. The second kappa shape index (κ2) is 8.57. The van der Waals surface area contributed by atoms with E-state index < -0.39 is 0 Å². The lowest BCUT2D eigenvalue weighted by molar-refractivity contribution is 0.566. The molecule has 3 heterocycles. The minimum Gasteiger partial charge on any atom is -0.382 e. The van der Waals surface area contributed by atoms with Crippen LogP contribution >= 0.6 is 15.9 Å². The summed E-state index contributed by atoms with van der Waals surface area (Å²) in [6.45, 7) is 2.85. The van der Waals surface area contributed by atoms with Crippen LogP contribution in [-0.2, 0) is 6.42 Å². The Morgan fingerprint density at radius 2 is 1.83 bits per heavy atom. The van der Waals surface area contributed by atoms with Gasteiger partial charge in [0.05, 0.1) is 6.04 Å². The number of halogens is 1. The van der Waals surface area contributed by atoms with Crippen LogP contribution in [0.5, 0.6) is 0 Å². The number of nitrogens with one attached hydrogen (secondary N) is 1. The van der Waals surface area contributed by atoms with Gasteiger partial charge in [-0.2, -0.15) is 9.97 Å². The van der Waals surface area contributed by atoms with Crippen LogP contribution in [0.15, 0.2) is 59.6 Å². The van der Waals surface area contributed by atoms with Gasteiger partial charge >= 0.3 is 0 Å². The average Bonchev–Trinajstić information content (AvgIpc) is 3.07. The first kappa shape index (κ1) is 19.3. The van der Waals surface area contributed by atoms with Gasteiger partial charge in [0.25, 0.3) is 0 Å². The average molecular weight is 452 g/mol. The maximum Gasteiger partial charge on any atom is 0.226 e. The Morgan fingerprint density at radius 3 is 2.55 bits per heavy atom. The number of fused-ring (bicyclic) bond motifs is 1. The van der Waals surface area contributed by atoms with E-state index in [1.165, 1.54) is 5.56 Å². The highest BCUT2D eigenvalue weighted by molar-refractivity contribution is 9.10. The minimum absolute atomic E-state index is 0.0591. The molecule has 3 aromatic heterocycles. The number of nitrogen functional groups attached to an aromatic ring is 1. The van der Waals surface area contributed by atoms with Gasteiger partial charge in [-0.05, 0) is 52.0 Å². The Labute approximate surface area is 177 Å². The number of rotatable bonds is 7. The Balaban J connectivity index is 1.66. The van der Waals surface area contributed by atoms with E-state index in [4.69, 9.17) is 10.7 Å². The molecule has 1 atom stereocenters. The summed E-state index contributed by atoms with van der Waals surface area (Å²) in [5.41, 5.74) is 9.90. The van der Waals surface area contributed by atoms with Gasteiger partial charge in [0, 0.05) is 18.9 Å². The van der Waals surface area contributed by atoms with Crippen LogP contribution in [0.4, 0.5) is 11.8 Å². The molecule has 0 fully saturated rings. The Bertz CT molecular complexity index is 1100. The van der Waals surface area contributed by atoms with Crippen molar-refractivity contribution < 1.29 is 0 Å². The summed E-state index contributed by atoms with van der Waals surface area (Å²) < 4.78 is 2.74. The van der Waals surface area contributed by atoms with Crippen molar-refractivity contribution in [2.45, 2.75) is 25.8 Å². The van der Waals surface area contributed by atoms with Crippen molar-refractivity contribution in [3.8, 4) is 0 Å². The van der Waals surface area contributed by atoms with Crippen molar-refractivity contribution in [1.29, 1.82) is 0 Å². The molecule has 3 N–H and O–H groups in total. The normalized spacial score (nSPS) is 12.2. The first-order chi connectivity index (χ1) is 14.2. The topological polar surface area (TPSA) is 94.5 Å². The lowest BCUT2D eigenvalue weighted by atomic mass is 10.1. The number of nitrogens with zero attached hydrogens (tertiary/aromatic N) is 5. The van der Waals surface area contributed by atoms with Gasteiger partial charge in [0.1, 0.15) is 0 Å². The van der Waals surface area contributed by atoms with Gasteiger partial charge in [0.15, 0.2) is 21.7 Å². The van der Waals surface area contributed by atoms with Crippen LogP contribution in [0.2, 0.25) is 0 Å². The molecule has 0 bridgehead atoms. The molecule has 7 nitrogen and oxygen atoms in total. The Morgan fingerprint density at radius 1 is 1.07 bits per heavy atom. The molecule has 0 aliphatic carbocycles. The van der Waals surface area contributed by atoms with Gasteiger partial charge in [-0.1, -0.05) is 37.3 Å². The minimum atomic E-state index is 0.0591. The van der Waals surface area contributed by atoms with E-state index in [0.717, 1.165) is 18.4 Å². The number of imidazole rings is 1. The molecule has 0 amide bonds. The third-order valence-corrected chi connectivity index (χ3v) is 5.41. The fraction of sp³-hybridized carbons (Fsp3) is 0.238. The maximum atomic E-state index is 6.20. The van der Waals surface area contributed by atoms with Crippen LogP contribution in [0.1, 0.15) is 30.5 Å². The molecule has 0 radical (unpaired) electrons. The van der Waals surface area contributed by atoms with Crippen molar-refractivity contribution in [2.24, 2.45) is 0 Å². The van der Waals surface area contributed by atoms with Gasteiger partial charge in [-0.15, -0.1) is 0 Å². The van der Waals surface area contributed by atoms with Crippen molar-refractivity contribution >= 4 is 38.9 Å². The number of anilines is 2. The first-order valence-electron chi connectivity index (χ1n) is 9.56. The van der Waals surface area contributed by atoms with Gasteiger partial charge in [-0.25, -0.2) is 4.98 Å². The molecular formula is C21H22BrN7. The zero-order chi connectivity index (χ0) is 20.2. The fourth-order valence-electron chi connectivity index (χ4n) is 3.44. The molecule has 8 heteroatoms. The van der Waals surface area contributed by atoms with Crippen molar-refractivity contribution in [1.82, 2.24) is 24.5 Å². The highest BCUT2D eigenvalue weighted by Crippen LogP contribution is 2.32.